The number of hydrogen-bond donors (Lipinski definition) is 0. The number of halogens is 1. The van der Waals surface area contributed by atoms with Crippen molar-refractivity contribution in [2.75, 3.05) is 0 Å². The molecule has 0 saturated carbocycles. The Bertz CT molecular complexity index is 826. The Balaban J connectivity index is 2.19. The lowest BCUT2D eigenvalue weighted by molar-refractivity contribution is 0.980. The number of aryl methyl sites for hydroxylation is 1. The maximum Gasteiger partial charge on any atom is 0.255 e. The standard InChI is InChI=1S/C16H12ClN3O/c1-11-8-16(21)20(14-4-2-13(17)3-5-14)10-15(11)12-6-7-18-19-9-12/h2-10H,1H3. The summed E-state index contributed by atoms with van der Waals surface area (Å²) in [5.74, 6) is 0. The molecule has 0 atom stereocenters. The number of benzene rings is 1. The Morgan fingerprint density at radius 1 is 1.10 bits per heavy atom. The van der Waals surface area contributed by atoms with Crippen LogP contribution in [0.5, 0.6) is 0 Å². The average molecular weight is 298 g/mol. The molecule has 5 heteroatoms. The molecule has 0 fully saturated rings. The summed E-state index contributed by atoms with van der Waals surface area (Å²) < 4.78 is 1.60. The zero-order valence-corrected chi connectivity index (χ0v) is 12.1. The molecule has 0 bridgehead atoms. The van der Waals surface area contributed by atoms with E-state index in [1.54, 1.807) is 35.2 Å². The first-order chi connectivity index (χ1) is 10.1. The largest absolute Gasteiger partial charge is 0.284 e. The maximum absolute atomic E-state index is 12.2. The predicted octanol–water partition coefficient (Wildman–Crippen LogP) is 3.26. The van der Waals surface area contributed by atoms with Crippen molar-refractivity contribution < 1.29 is 0 Å². The highest BCUT2D eigenvalue weighted by Crippen LogP contribution is 2.22. The van der Waals surface area contributed by atoms with Gasteiger partial charge in [0.15, 0.2) is 0 Å². The lowest BCUT2D eigenvalue weighted by atomic mass is 10.1. The van der Waals surface area contributed by atoms with Crippen molar-refractivity contribution in [1.82, 2.24) is 14.8 Å². The van der Waals surface area contributed by atoms with E-state index in [1.165, 1.54) is 0 Å². The monoisotopic (exact) mass is 297 g/mol. The zero-order chi connectivity index (χ0) is 14.8. The van der Waals surface area contributed by atoms with Crippen LogP contribution in [0.4, 0.5) is 0 Å². The Morgan fingerprint density at radius 3 is 2.52 bits per heavy atom. The predicted molar refractivity (Wildman–Crippen MR) is 82.8 cm³/mol. The molecule has 4 nitrogen and oxygen atoms in total. The van der Waals surface area contributed by atoms with Crippen molar-refractivity contribution in [2.24, 2.45) is 0 Å². The quantitative estimate of drug-likeness (QED) is 0.729. The molecular weight excluding hydrogens is 286 g/mol. The van der Waals surface area contributed by atoms with Gasteiger partial charge < -0.3 is 0 Å². The second kappa shape index (κ2) is 5.50. The minimum absolute atomic E-state index is 0.0828. The fourth-order valence-corrected chi connectivity index (χ4v) is 2.31. The van der Waals surface area contributed by atoms with E-state index in [2.05, 4.69) is 10.2 Å². The Labute approximate surface area is 126 Å². The fourth-order valence-electron chi connectivity index (χ4n) is 2.18. The van der Waals surface area contributed by atoms with Crippen LogP contribution in [0.3, 0.4) is 0 Å². The molecule has 0 aliphatic heterocycles. The minimum Gasteiger partial charge on any atom is -0.284 e. The van der Waals surface area contributed by atoms with E-state index in [-0.39, 0.29) is 5.56 Å². The number of hydrogen-bond acceptors (Lipinski definition) is 3. The number of rotatable bonds is 2. The van der Waals surface area contributed by atoms with E-state index in [1.807, 2.05) is 31.3 Å². The van der Waals surface area contributed by atoms with Gasteiger partial charge in [0.05, 0.1) is 12.4 Å². The average Bonchev–Trinajstić information content (AvgIpc) is 2.49. The third-order valence-electron chi connectivity index (χ3n) is 3.26. The topological polar surface area (TPSA) is 47.8 Å². The highest BCUT2D eigenvalue weighted by atomic mass is 35.5. The molecule has 0 unspecified atom stereocenters. The summed E-state index contributed by atoms with van der Waals surface area (Å²) >= 11 is 5.89. The van der Waals surface area contributed by atoms with Crippen LogP contribution in [-0.2, 0) is 0 Å². The molecule has 3 rings (SSSR count). The maximum atomic E-state index is 12.2. The van der Waals surface area contributed by atoms with Gasteiger partial charge in [-0.05, 0) is 42.8 Å². The SMILES string of the molecule is Cc1cc(=O)n(-c2ccc(Cl)cc2)cc1-c1ccnnc1. The van der Waals surface area contributed by atoms with Gasteiger partial charge in [-0.3, -0.25) is 9.36 Å². The van der Waals surface area contributed by atoms with Gasteiger partial charge in [-0.2, -0.15) is 10.2 Å². The molecule has 0 saturated heterocycles. The van der Waals surface area contributed by atoms with Gasteiger partial charge in [0, 0.05) is 34.1 Å². The molecular formula is C16H12ClN3O. The van der Waals surface area contributed by atoms with Crippen molar-refractivity contribution in [1.29, 1.82) is 0 Å². The highest BCUT2D eigenvalue weighted by Gasteiger charge is 2.07. The molecule has 3 aromatic rings. The summed E-state index contributed by atoms with van der Waals surface area (Å²) in [6.45, 7) is 1.91. The van der Waals surface area contributed by atoms with E-state index in [0.717, 1.165) is 22.4 Å². The summed E-state index contributed by atoms with van der Waals surface area (Å²) in [5, 5.41) is 8.30. The molecule has 1 aromatic carbocycles. The van der Waals surface area contributed by atoms with E-state index >= 15 is 0 Å². The van der Waals surface area contributed by atoms with Crippen LogP contribution in [0, 0.1) is 6.92 Å². The Hall–Kier alpha value is -2.46. The third-order valence-corrected chi connectivity index (χ3v) is 3.51. The van der Waals surface area contributed by atoms with Crippen molar-refractivity contribution >= 4 is 11.6 Å². The van der Waals surface area contributed by atoms with Crippen LogP contribution in [-0.4, -0.2) is 14.8 Å². The highest BCUT2D eigenvalue weighted by molar-refractivity contribution is 6.30. The molecule has 0 radical (unpaired) electrons. The van der Waals surface area contributed by atoms with Crippen LogP contribution in [0.25, 0.3) is 16.8 Å². The molecule has 0 aliphatic rings. The smallest absolute Gasteiger partial charge is 0.255 e. The van der Waals surface area contributed by atoms with E-state index in [0.29, 0.717) is 5.02 Å². The summed E-state index contributed by atoms with van der Waals surface area (Å²) in [7, 11) is 0. The van der Waals surface area contributed by atoms with Crippen LogP contribution in [0.15, 0.2) is 59.8 Å². The van der Waals surface area contributed by atoms with Crippen molar-refractivity contribution in [3.8, 4) is 16.8 Å². The van der Waals surface area contributed by atoms with Gasteiger partial charge >= 0.3 is 0 Å². The van der Waals surface area contributed by atoms with Crippen LogP contribution >= 0.6 is 11.6 Å². The van der Waals surface area contributed by atoms with Crippen LogP contribution in [0.1, 0.15) is 5.56 Å². The first-order valence-corrected chi connectivity index (χ1v) is 6.79. The first kappa shape index (κ1) is 13.5. The lowest BCUT2D eigenvalue weighted by Crippen LogP contribution is -2.17. The minimum atomic E-state index is -0.0828. The molecule has 0 spiro atoms. The summed E-state index contributed by atoms with van der Waals surface area (Å²) in [5.41, 5.74) is 3.45. The zero-order valence-electron chi connectivity index (χ0n) is 11.3. The second-order valence-corrected chi connectivity index (χ2v) is 5.12. The molecule has 0 amide bonds. The van der Waals surface area contributed by atoms with Crippen molar-refractivity contribution in [3.63, 3.8) is 0 Å². The first-order valence-electron chi connectivity index (χ1n) is 6.41. The molecule has 2 heterocycles. The van der Waals surface area contributed by atoms with Crippen LogP contribution in [0.2, 0.25) is 5.02 Å². The molecule has 21 heavy (non-hydrogen) atoms. The normalized spacial score (nSPS) is 10.6. The summed E-state index contributed by atoms with van der Waals surface area (Å²) in [6, 6.07) is 10.6. The number of pyridine rings is 1. The molecule has 0 aliphatic carbocycles. The van der Waals surface area contributed by atoms with E-state index in [9.17, 15) is 4.79 Å². The summed E-state index contributed by atoms with van der Waals surface area (Å²) in [6.07, 6.45) is 5.13. The Morgan fingerprint density at radius 2 is 1.86 bits per heavy atom. The van der Waals surface area contributed by atoms with Crippen molar-refractivity contribution in [3.05, 3.63) is 75.9 Å². The van der Waals surface area contributed by atoms with Gasteiger partial charge in [-0.25, -0.2) is 0 Å². The number of aromatic nitrogens is 3. The van der Waals surface area contributed by atoms with Gasteiger partial charge in [0.2, 0.25) is 0 Å². The second-order valence-electron chi connectivity index (χ2n) is 4.69. The van der Waals surface area contributed by atoms with Gasteiger partial charge in [0.1, 0.15) is 0 Å². The van der Waals surface area contributed by atoms with Crippen molar-refractivity contribution in [2.45, 2.75) is 6.92 Å². The van der Waals surface area contributed by atoms with E-state index in [4.69, 9.17) is 11.6 Å². The molecule has 0 N–H and O–H groups in total. The van der Waals surface area contributed by atoms with Gasteiger partial charge in [-0.1, -0.05) is 11.6 Å². The van der Waals surface area contributed by atoms with E-state index < -0.39 is 0 Å². The molecule has 104 valence electrons. The van der Waals surface area contributed by atoms with Crippen LogP contribution < -0.4 is 5.56 Å². The third kappa shape index (κ3) is 2.71. The molecule has 2 aromatic heterocycles. The lowest BCUT2D eigenvalue weighted by Gasteiger charge is -2.11. The van der Waals surface area contributed by atoms with Gasteiger partial charge in [-0.15, -0.1) is 0 Å². The van der Waals surface area contributed by atoms with Gasteiger partial charge in [0.25, 0.3) is 5.56 Å². The number of nitrogens with zero attached hydrogens (tertiary/aromatic N) is 3. The fraction of sp³-hybridized carbons (Fsp3) is 0.0625. The summed E-state index contributed by atoms with van der Waals surface area (Å²) in [4.78, 5) is 12.2. The Kier molecular flexibility index (Phi) is 3.54.